The van der Waals surface area contributed by atoms with Crippen molar-refractivity contribution in [2.75, 3.05) is 6.54 Å². The first kappa shape index (κ1) is 14.2. The zero-order valence-electron chi connectivity index (χ0n) is 11.6. The molecule has 21 heavy (non-hydrogen) atoms. The van der Waals surface area contributed by atoms with Gasteiger partial charge >= 0.3 is 0 Å². The lowest BCUT2D eigenvalue weighted by molar-refractivity contribution is 0.542. The average Bonchev–Trinajstić information content (AvgIpc) is 2.89. The molecule has 1 unspecified atom stereocenters. The number of fused-ring (bicyclic) bond motifs is 1. The molecule has 3 aromatic rings. The van der Waals surface area contributed by atoms with E-state index in [1.165, 1.54) is 12.1 Å². The first-order chi connectivity index (χ1) is 10.2. The van der Waals surface area contributed by atoms with Crippen LogP contribution in [0, 0.1) is 11.6 Å². The third kappa shape index (κ3) is 2.69. The summed E-state index contributed by atoms with van der Waals surface area (Å²) in [6.07, 6.45) is 0. The summed E-state index contributed by atoms with van der Waals surface area (Å²) in [7, 11) is 0. The van der Waals surface area contributed by atoms with Gasteiger partial charge in [0, 0.05) is 16.3 Å². The second-order valence-electron chi connectivity index (χ2n) is 4.84. The predicted molar refractivity (Wildman–Crippen MR) is 83.7 cm³/mol. The van der Waals surface area contributed by atoms with Gasteiger partial charge in [-0.15, -0.1) is 11.3 Å². The Morgan fingerprint density at radius 2 is 1.90 bits per heavy atom. The van der Waals surface area contributed by atoms with E-state index in [-0.39, 0.29) is 6.04 Å². The number of nitrogens with one attached hydrogen (secondary N) is 1. The molecule has 0 radical (unpaired) electrons. The molecule has 1 atom stereocenters. The maximum Gasteiger partial charge on any atom is 0.131 e. The van der Waals surface area contributed by atoms with Crippen LogP contribution in [0.1, 0.15) is 24.1 Å². The molecule has 0 amide bonds. The van der Waals surface area contributed by atoms with Crippen molar-refractivity contribution in [2.45, 2.75) is 13.0 Å². The Morgan fingerprint density at radius 1 is 1.10 bits per heavy atom. The third-order valence-electron chi connectivity index (χ3n) is 3.50. The van der Waals surface area contributed by atoms with E-state index in [0.29, 0.717) is 12.1 Å². The molecule has 0 saturated carbocycles. The van der Waals surface area contributed by atoms with E-state index in [1.54, 1.807) is 11.3 Å². The topological polar surface area (TPSA) is 12.0 Å². The van der Waals surface area contributed by atoms with Gasteiger partial charge < -0.3 is 5.32 Å². The molecular weight excluding hydrogens is 288 g/mol. The number of halogens is 2. The summed E-state index contributed by atoms with van der Waals surface area (Å²) in [5.74, 6) is -1.07. The summed E-state index contributed by atoms with van der Waals surface area (Å²) in [5, 5.41) is 6.45. The Bertz CT molecular complexity index is 766. The lowest BCUT2D eigenvalue weighted by Gasteiger charge is -2.19. The quantitative estimate of drug-likeness (QED) is 0.724. The Kier molecular flexibility index (Phi) is 3.99. The minimum Gasteiger partial charge on any atom is -0.306 e. The predicted octanol–water partition coefficient (Wildman–Crippen LogP) is 4.88. The van der Waals surface area contributed by atoms with Crippen LogP contribution in [-0.2, 0) is 0 Å². The molecule has 0 saturated heterocycles. The van der Waals surface area contributed by atoms with Crippen LogP contribution in [0.15, 0.2) is 47.8 Å². The van der Waals surface area contributed by atoms with Crippen molar-refractivity contribution in [3.63, 3.8) is 0 Å². The number of hydrogen-bond donors (Lipinski definition) is 1. The minimum atomic E-state index is -0.554. The van der Waals surface area contributed by atoms with Crippen molar-refractivity contribution in [3.05, 3.63) is 70.6 Å². The maximum atomic E-state index is 14.1. The third-order valence-corrected chi connectivity index (χ3v) is 4.49. The molecule has 0 bridgehead atoms. The monoisotopic (exact) mass is 303 g/mol. The second-order valence-corrected chi connectivity index (χ2v) is 5.75. The highest BCUT2D eigenvalue weighted by Crippen LogP contribution is 2.34. The van der Waals surface area contributed by atoms with Gasteiger partial charge in [-0.1, -0.05) is 31.2 Å². The van der Waals surface area contributed by atoms with Crippen LogP contribution in [-0.4, -0.2) is 6.54 Å². The van der Waals surface area contributed by atoms with Gasteiger partial charge in [-0.2, -0.15) is 0 Å². The summed E-state index contributed by atoms with van der Waals surface area (Å²) in [6.45, 7) is 2.68. The van der Waals surface area contributed by atoms with Gasteiger partial charge in [0.2, 0.25) is 0 Å². The minimum absolute atomic E-state index is 0.272. The molecular formula is C17H15F2NS. The molecule has 1 aromatic heterocycles. The molecule has 3 rings (SSSR count). The molecule has 2 aromatic carbocycles. The van der Waals surface area contributed by atoms with Crippen molar-refractivity contribution in [1.29, 1.82) is 0 Å². The first-order valence-electron chi connectivity index (χ1n) is 6.85. The number of hydrogen-bond acceptors (Lipinski definition) is 2. The van der Waals surface area contributed by atoms with Crippen LogP contribution in [0.4, 0.5) is 8.78 Å². The normalized spacial score (nSPS) is 12.7. The van der Waals surface area contributed by atoms with Crippen molar-refractivity contribution >= 4 is 21.4 Å². The molecule has 4 heteroatoms. The Hall–Kier alpha value is -1.78. The van der Waals surface area contributed by atoms with Crippen molar-refractivity contribution in [2.24, 2.45) is 0 Å². The molecule has 0 aliphatic heterocycles. The summed E-state index contributed by atoms with van der Waals surface area (Å²) in [5.41, 5.74) is 1.50. The molecule has 0 aliphatic rings. The lowest BCUT2D eigenvalue weighted by Crippen LogP contribution is -2.22. The first-order valence-corrected chi connectivity index (χ1v) is 7.73. The summed E-state index contributed by atoms with van der Waals surface area (Å²) in [4.78, 5) is 0. The summed E-state index contributed by atoms with van der Waals surface area (Å²) in [6, 6.07) is 11.5. The van der Waals surface area contributed by atoms with E-state index >= 15 is 0 Å². The van der Waals surface area contributed by atoms with Gasteiger partial charge in [0.1, 0.15) is 11.6 Å². The van der Waals surface area contributed by atoms with Gasteiger partial charge in [0.25, 0.3) is 0 Å². The largest absolute Gasteiger partial charge is 0.306 e. The smallest absolute Gasteiger partial charge is 0.131 e. The Morgan fingerprint density at radius 3 is 2.67 bits per heavy atom. The SMILES string of the molecule is CCNC(c1ccc(F)cc1F)c1csc2ccccc12. The zero-order valence-corrected chi connectivity index (χ0v) is 12.4. The van der Waals surface area contributed by atoms with Gasteiger partial charge in [-0.3, -0.25) is 0 Å². The van der Waals surface area contributed by atoms with Gasteiger partial charge in [-0.25, -0.2) is 8.78 Å². The van der Waals surface area contributed by atoms with Gasteiger partial charge in [0.05, 0.1) is 6.04 Å². The maximum absolute atomic E-state index is 14.1. The van der Waals surface area contributed by atoms with E-state index in [4.69, 9.17) is 0 Å². The average molecular weight is 303 g/mol. The fraction of sp³-hybridized carbons (Fsp3) is 0.176. The van der Waals surface area contributed by atoms with E-state index < -0.39 is 11.6 Å². The molecule has 0 aliphatic carbocycles. The Balaban J connectivity index is 2.13. The number of thiophene rings is 1. The fourth-order valence-electron chi connectivity index (χ4n) is 2.55. The van der Waals surface area contributed by atoms with E-state index in [9.17, 15) is 8.78 Å². The van der Waals surface area contributed by atoms with Crippen molar-refractivity contribution in [1.82, 2.24) is 5.32 Å². The molecule has 0 fully saturated rings. The van der Waals surface area contributed by atoms with E-state index in [0.717, 1.165) is 21.7 Å². The number of benzene rings is 2. The summed E-state index contributed by atoms with van der Waals surface area (Å²) >= 11 is 1.64. The highest BCUT2D eigenvalue weighted by molar-refractivity contribution is 7.17. The van der Waals surface area contributed by atoms with Gasteiger partial charge in [0.15, 0.2) is 0 Å². The fourth-order valence-corrected chi connectivity index (χ4v) is 3.54. The highest BCUT2D eigenvalue weighted by atomic mass is 32.1. The van der Waals surface area contributed by atoms with Crippen molar-refractivity contribution in [3.8, 4) is 0 Å². The molecule has 108 valence electrons. The summed E-state index contributed by atoms with van der Waals surface area (Å²) < 4.78 is 28.4. The standard InChI is InChI=1S/C17H15F2NS/c1-2-20-17(13-8-7-11(18)9-15(13)19)14-10-21-16-6-4-3-5-12(14)16/h3-10,17,20H,2H2,1H3. The van der Waals surface area contributed by atoms with E-state index in [2.05, 4.69) is 5.32 Å². The molecule has 1 nitrogen and oxygen atoms in total. The molecule has 1 N–H and O–H groups in total. The zero-order chi connectivity index (χ0) is 14.8. The highest BCUT2D eigenvalue weighted by Gasteiger charge is 2.20. The van der Waals surface area contributed by atoms with Crippen LogP contribution in [0.3, 0.4) is 0 Å². The van der Waals surface area contributed by atoms with Crippen LogP contribution in [0.5, 0.6) is 0 Å². The molecule has 1 heterocycles. The van der Waals surface area contributed by atoms with Crippen LogP contribution in [0.25, 0.3) is 10.1 Å². The number of rotatable bonds is 4. The van der Waals surface area contributed by atoms with Crippen LogP contribution < -0.4 is 5.32 Å². The second kappa shape index (κ2) is 5.92. The van der Waals surface area contributed by atoms with E-state index in [1.807, 2.05) is 36.6 Å². The Labute approximate surface area is 126 Å². The van der Waals surface area contributed by atoms with Crippen LogP contribution >= 0.6 is 11.3 Å². The molecule has 0 spiro atoms. The van der Waals surface area contributed by atoms with Crippen molar-refractivity contribution < 1.29 is 8.78 Å². The van der Waals surface area contributed by atoms with Crippen LogP contribution in [0.2, 0.25) is 0 Å². The van der Waals surface area contributed by atoms with Gasteiger partial charge in [-0.05, 0) is 35.0 Å². The lowest BCUT2D eigenvalue weighted by atomic mass is 9.97.